The molecule has 0 bridgehead atoms. The van der Waals surface area contributed by atoms with Crippen molar-refractivity contribution < 1.29 is 9.53 Å². The van der Waals surface area contributed by atoms with Crippen LogP contribution in [0.15, 0.2) is 0 Å². The van der Waals surface area contributed by atoms with Gasteiger partial charge in [0.1, 0.15) is 0 Å². The molecule has 0 saturated carbocycles. The summed E-state index contributed by atoms with van der Waals surface area (Å²) in [5.74, 6) is -0.0232. The SMILES string of the molecule is CCOC(=O)C(C)CC.[CaH2]. The van der Waals surface area contributed by atoms with Gasteiger partial charge >= 0.3 is 43.7 Å². The van der Waals surface area contributed by atoms with Crippen LogP contribution in [0.5, 0.6) is 0 Å². The van der Waals surface area contributed by atoms with Gasteiger partial charge < -0.3 is 4.74 Å². The van der Waals surface area contributed by atoms with Crippen molar-refractivity contribution in [3.05, 3.63) is 0 Å². The molecule has 58 valence electrons. The van der Waals surface area contributed by atoms with Crippen LogP contribution < -0.4 is 0 Å². The van der Waals surface area contributed by atoms with Gasteiger partial charge in [0, 0.05) is 0 Å². The number of carbonyl (C=O) groups is 1. The van der Waals surface area contributed by atoms with Crippen LogP contribution in [0, 0.1) is 5.92 Å². The number of hydrogen-bond donors (Lipinski definition) is 0. The summed E-state index contributed by atoms with van der Waals surface area (Å²) in [6.07, 6.45) is 0.860. The third-order valence-corrected chi connectivity index (χ3v) is 1.30. The molecule has 0 amide bonds. The number of ether oxygens (including phenoxy) is 1. The minimum absolute atomic E-state index is 0. The summed E-state index contributed by atoms with van der Waals surface area (Å²) in [6.45, 7) is 6.16. The molecular formula is C7H16CaO2. The van der Waals surface area contributed by atoms with Crippen molar-refractivity contribution in [2.75, 3.05) is 6.61 Å². The topological polar surface area (TPSA) is 26.3 Å². The summed E-state index contributed by atoms with van der Waals surface area (Å²) in [4.78, 5) is 10.8. The molecule has 0 heterocycles. The van der Waals surface area contributed by atoms with E-state index in [9.17, 15) is 4.79 Å². The molecule has 1 atom stereocenters. The second-order valence-electron chi connectivity index (χ2n) is 2.06. The Labute approximate surface area is 92.3 Å². The van der Waals surface area contributed by atoms with Crippen LogP contribution >= 0.6 is 0 Å². The van der Waals surface area contributed by atoms with Crippen molar-refractivity contribution in [2.45, 2.75) is 27.2 Å². The van der Waals surface area contributed by atoms with Crippen LogP contribution in [0.3, 0.4) is 0 Å². The number of esters is 1. The average Bonchev–Trinajstić information content (AvgIpc) is 1.87. The maximum absolute atomic E-state index is 10.8. The summed E-state index contributed by atoms with van der Waals surface area (Å²) >= 11 is 0. The van der Waals surface area contributed by atoms with Gasteiger partial charge in [0.05, 0.1) is 12.5 Å². The third-order valence-electron chi connectivity index (χ3n) is 1.30. The summed E-state index contributed by atoms with van der Waals surface area (Å²) in [5.41, 5.74) is 0. The standard InChI is InChI=1S/C7H14O2.Ca.2H/c1-4-6(3)7(8)9-5-2;;;/h6H,4-5H2,1-3H3;;;. The van der Waals surface area contributed by atoms with Crippen LogP contribution in [-0.2, 0) is 9.53 Å². The van der Waals surface area contributed by atoms with Gasteiger partial charge in [-0.15, -0.1) is 0 Å². The molecule has 0 aromatic rings. The second-order valence-corrected chi connectivity index (χ2v) is 2.06. The Kier molecular flexibility index (Phi) is 10.4. The van der Waals surface area contributed by atoms with E-state index in [2.05, 4.69) is 0 Å². The minimum atomic E-state index is -0.0833. The van der Waals surface area contributed by atoms with E-state index in [1.165, 1.54) is 0 Å². The summed E-state index contributed by atoms with van der Waals surface area (Å²) < 4.78 is 4.76. The molecule has 0 aliphatic carbocycles. The van der Waals surface area contributed by atoms with Gasteiger partial charge in [-0.3, -0.25) is 4.79 Å². The Morgan fingerprint density at radius 1 is 1.50 bits per heavy atom. The Hall–Kier alpha value is 0.730. The van der Waals surface area contributed by atoms with Gasteiger partial charge in [-0.25, -0.2) is 0 Å². The van der Waals surface area contributed by atoms with Crippen LogP contribution in [0.2, 0.25) is 0 Å². The number of rotatable bonds is 3. The summed E-state index contributed by atoms with van der Waals surface area (Å²) in [7, 11) is 0. The van der Waals surface area contributed by atoms with E-state index in [0.717, 1.165) is 6.42 Å². The zero-order valence-electron chi connectivity index (χ0n) is 6.31. The Balaban J connectivity index is 0. The van der Waals surface area contributed by atoms with Gasteiger partial charge in [-0.2, -0.15) is 0 Å². The van der Waals surface area contributed by atoms with Crippen LogP contribution in [0.1, 0.15) is 27.2 Å². The normalized spacial score (nSPS) is 11.5. The Morgan fingerprint density at radius 2 is 2.00 bits per heavy atom. The first-order valence-corrected chi connectivity index (χ1v) is 3.39. The molecule has 0 radical (unpaired) electrons. The van der Waals surface area contributed by atoms with Crippen molar-refractivity contribution in [1.82, 2.24) is 0 Å². The van der Waals surface area contributed by atoms with Crippen molar-refractivity contribution in [3.63, 3.8) is 0 Å². The molecule has 0 aromatic carbocycles. The summed E-state index contributed by atoms with van der Waals surface area (Å²) in [6, 6.07) is 0. The van der Waals surface area contributed by atoms with Crippen LogP contribution in [0.4, 0.5) is 0 Å². The molecule has 0 aromatic heterocycles. The molecular weight excluding hydrogens is 156 g/mol. The molecule has 0 fully saturated rings. The predicted molar refractivity (Wildman–Crippen MR) is 44.6 cm³/mol. The van der Waals surface area contributed by atoms with E-state index >= 15 is 0 Å². The first-order valence-electron chi connectivity index (χ1n) is 3.39. The zero-order chi connectivity index (χ0) is 7.28. The van der Waals surface area contributed by atoms with Gasteiger partial charge in [0.2, 0.25) is 0 Å². The van der Waals surface area contributed by atoms with Gasteiger partial charge in [-0.05, 0) is 13.3 Å². The van der Waals surface area contributed by atoms with Crippen LogP contribution in [0.25, 0.3) is 0 Å². The van der Waals surface area contributed by atoms with E-state index in [-0.39, 0.29) is 49.6 Å². The van der Waals surface area contributed by atoms with E-state index in [0.29, 0.717) is 6.61 Å². The fraction of sp³-hybridized carbons (Fsp3) is 0.857. The third kappa shape index (κ3) is 5.51. The maximum atomic E-state index is 10.8. The van der Waals surface area contributed by atoms with Crippen LogP contribution in [-0.4, -0.2) is 50.3 Å². The zero-order valence-corrected chi connectivity index (χ0v) is 6.31. The molecule has 0 aliphatic rings. The molecule has 1 unspecified atom stereocenters. The van der Waals surface area contributed by atoms with Gasteiger partial charge in [0.15, 0.2) is 0 Å². The van der Waals surface area contributed by atoms with Crippen molar-refractivity contribution in [2.24, 2.45) is 5.92 Å². The molecule has 3 heteroatoms. The molecule has 0 N–H and O–H groups in total. The molecule has 0 aliphatic heterocycles. The molecule has 2 nitrogen and oxygen atoms in total. The first-order chi connectivity index (χ1) is 4.22. The van der Waals surface area contributed by atoms with Gasteiger partial charge in [-0.1, -0.05) is 13.8 Å². The van der Waals surface area contributed by atoms with E-state index in [4.69, 9.17) is 4.74 Å². The molecule has 0 saturated heterocycles. The quantitative estimate of drug-likeness (QED) is 0.462. The molecule has 10 heavy (non-hydrogen) atoms. The van der Waals surface area contributed by atoms with Crippen molar-refractivity contribution in [1.29, 1.82) is 0 Å². The number of carbonyl (C=O) groups excluding carboxylic acids is 1. The predicted octanol–water partition coefficient (Wildman–Crippen LogP) is 0.679. The fourth-order valence-electron chi connectivity index (χ4n) is 0.451. The fourth-order valence-corrected chi connectivity index (χ4v) is 0.451. The second kappa shape index (κ2) is 7.83. The van der Waals surface area contributed by atoms with E-state index < -0.39 is 0 Å². The Bertz CT molecular complexity index is 93.6. The molecule has 0 spiro atoms. The van der Waals surface area contributed by atoms with Crippen molar-refractivity contribution >= 4 is 43.7 Å². The monoisotopic (exact) mass is 172 g/mol. The molecule has 0 rings (SSSR count). The van der Waals surface area contributed by atoms with E-state index in [1.807, 2.05) is 20.8 Å². The Morgan fingerprint density at radius 3 is 2.30 bits per heavy atom. The van der Waals surface area contributed by atoms with Gasteiger partial charge in [0.25, 0.3) is 0 Å². The average molecular weight is 172 g/mol. The number of hydrogen-bond acceptors (Lipinski definition) is 2. The van der Waals surface area contributed by atoms with E-state index in [1.54, 1.807) is 0 Å². The first kappa shape index (κ1) is 13.3. The van der Waals surface area contributed by atoms with Crippen molar-refractivity contribution in [3.8, 4) is 0 Å². The summed E-state index contributed by atoms with van der Waals surface area (Å²) in [5, 5.41) is 0.